The highest BCUT2D eigenvalue weighted by molar-refractivity contribution is 6.76. The fourth-order valence-electron chi connectivity index (χ4n) is 2.85. The molecule has 132 valence electrons. The Hall–Kier alpha value is -0.353. The highest BCUT2D eigenvalue weighted by Crippen LogP contribution is 2.38. The maximum Gasteiger partial charge on any atom is 0.311 e. The van der Waals surface area contributed by atoms with Crippen LogP contribution in [0.1, 0.15) is 68.7 Å². The largest absolute Gasteiger partial charge is 0.465 e. The first-order valence-corrected chi connectivity index (χ1v) is 11.1. The molecule has 0 atom stereocenters. The average Bonchev–Trinajstić information content (AvgIpc) is 2.40. The summed E-state index contributed by atoms with van der Waals surface area (Å²) in [6, 6.07) is 1.06. The van der Waals surface area contributed by atoms with Gasteiger partial charge in [-0.15, -0.1) is 0 Å². The van der Waals surface area contributed by atoms with E-state index in [1.807, 2.05) is 13.8 Å². The number of ether oxygens (including phenoxy) is 1. The van der Waals surface area contributed by atoms with Gasteiger partial charge in [-0.2, -0.15) is 0 Å². The van der Waals surface area contributed by atoms with E-state index < -0.39 is 13.7 Å². The SMILES string of the molecule is CCO[Si](CCCOC(=O)C(C)(C)C(C)C)(C(C)C)C(C)C. The highest BCUT2D eigenvalue weighted by atomic mass is 28.4. The molecule has 0 radical (unpaired) electrons. The molecule has 0 aromatic heterocycles. The molecule has 0 unspecified atom stereocenters. The van der Waals surface area contributed by atoms with Crippen molar-refractivity contribution in [3.8, 4) is 0 Å². The standard InChI is InChI=1S/C18H38O3Si/c1-10-21-22(15(4)5,16(6)7)13-11-12-20-17(19)18(8,9)14(2)3/h14-16H,10-13H2,1-9H3. The monoisotopic (exact) mass is 330 g/mol. The summed E-state index contributed by atoms with van der Waals surface area (Å²) in [6.45, 7) is 20.5. The zero-order valence-corrected chi connectivity index (χ0v) is 17.3. The van der Waals surface area contributed by atoms with Gasteiger partial charge in [0.15, 0.2) is 8.32 Å². The van der Waals surface area contributed by atoms with E-state index in [1.165, 1.54) is 0 Å². The van der Waals surface area contributed by atoms with Crippen LogP contribution in [0.5, 0.6) is 0 Å². The quantitative estimate of drug-likeness (QED) is 0.305. The molecule has 0 amide bonds. The van der Waals surface area contributed by atoms with Crippen molar-refractivity contribution < 1.29 is 14.0 Å². The first kappa shape index (κ1) is 21.6. The fraction of sp³-hybridized carbons (Fsp3) is 0.944. The third-order valence-electron chi connectivity index (χ3n) is 5.28. The first-order chi connectivity index (χ1) is 10.0. The van der Waals surface area contributed by atoms with Crippen LogP contribution in [-0.2, 0) is 14.0 Å². The Bertz CT molecular complexity index is 327. The zero-order valence-electron chi connectivity index (χ0n) is 16.3. The van der Waals surface area contributed by atoms with Gasteiger partial charge in [0.25, 0.3) is 0 Å². The van der Waals surface area contributed by atoms with Gasteiger partial charge in [0.05, 0.1) is 12.0 Å². The van der Waals surface area contributed by atoms with E-state index in [0.29, 0.717) is 17.7 Å². The molecule has 0 rings (SSSR count). The van der Waals surface area contributed by atoms with Crippen molar-refractivity contribution in [2.45, 2.75) is 85.9 Å². The van der Waals surface area contributed by atoms with Gasteiger partial charge in [0.1, 0.15) is 0 Å². The van der Waals surface area contributed by atoms with Crippen LogP contribution in [0.15, 0.2) is 0 Å². The summed E-state index contributed by atoms with van der Waals surface area (Å²) in [7, 11) is -1.78. The minimum absolute atomic E-state index is 0.0831. The Kier molecular flexibility index (Phi) is 8.92. The summed E-state index contributed by atoms with van der Waals surface area (Å²) in [5.74, 6) is 0.198. The Balaban J connectivity index is 4.56. The van der Waals surface area contributed by atoms with Gasteiger partial charge in [-0.05, 0) is 50.2 Å². The predicted molar refractivity (Wildman–Crippen MR) is 96.6 cm³/mol. The Morgan fingerprint density at radius 2 is 1.55 bits per heavy atom. The molecule has 0 N–H and O–H groups in total. The van der Waals surface area contributed by atoms with Crippen LogP contribution in [-0.4, -0.2) is 27.5 Å². The summed E-state index contributed by atoms with van der Waals surface area (Å²) in [4.78, 5) is 12.2. The second-order valence-electron chi connectivity index (χ2n) is 7.81. The topological polar surface area (TPSA) is 35.5 Å². The molecule has 0 bridgehead atoms. The van der Waals surface area contributed by atoms with Crippen molar-refractivity contribution in [1.82, 2.24) is 0 Å². The molecule has 3 nitrogen and oxygen atoms in total. The van der Waals surface area contributed by atoms with Crippen LogP contribution < -0.4 is 0 Å². The summed E-state index contributed by atoms with van der Waals surface area (Å²) >= 11 is 0. The van der Waals surface area contributed by atoms with Crippen molar-refractivity contribution in [1.29, 1.82) is 0 Å². The molecule has 22 heavy (non-hydrogen) atoms. The highest BCUT2D eigenvalue weighted by Gasteiger charge is 2.41. The van der Waals surface area contributed by atoms with E-state index in [9.17, 15) is 4.79 Å². The molecule has 0 aliphatic rings. The number of rotatable bonds is 10. The number of esters is 1. The van der Waals surface area contributed by atoms with Crippen molar-refractivity contribution in [2.75, 3.05) is 13.2 Å². The molecule has 0 aliphatic carbocycles. The molecule has 0 aromatic rings. The van der Waals surface area contributed by atoms with Gasteiger partial charge >= 0.3 is 5.97 Å². The summed E-state index contributed by atoms with van der Waals surface area (Å²) in [5, 5.41) is 0. The third-order valence-corrected chi connectivity index (χ3v) is 11.2. The minimum atomic E-state index is -1.78. The van der Waals surface area contributed by atoms with E-state index in [2.05, 4.69) is 48.5 Å². The van der Waals surface area contributed by atoms with Crippen LogP contribution in [0.3, 0.4) is 0 Å². The first-order valence-electron chi connectivity index (χ1n) is 8.83. The Labute approximate surface area is 139 Å². The van der Waals surface area contributed by atoms with Crippen molar-refractivity contribution >= 4 is 14.3 Å². The van der Waals surface area contributed by atoms with Crippen LogP contribution in [0.25, 0.3) is 0 Å². The van der Waals surface area contributed by atoms with Gasteiger partial charge in [0.2, 0.25) is 0 Å². The summed E-state index contributed by atoms with van der Waals surface area (Å²) in [5.41, 5.74) is 0.746. The Morgan fingerprint density at radius 1 is 1.05 bits per heavy atom. The zero-order chi connectivity index (χ0) is 17.6. The van der Waals surface area contributed by atoms with Gasteiger partial charge in [-0.25, -0.2) is 0 Å². The smallest absolute Gasteiger partial charge is 0.311 e. The minimum Gasteiger partial charge on any atom is -0.465 e. The lowest BCUT2D eigenvalue weighted by molar-refractivity contribution is -0.156. The van der Waals surface area contributed by atoms with Crippen LogP contribution in [0.4, 0.5) is 0 Å². The van der Waals surface area contributed by atoms with Crippen LogP contribution >= 0.6 is 0 Å². The number of carbonyl (C=O) groups is 1. The molecule has 0 saturated heterocycles. The second-order valence-corrected chi connectivity index (χ2v) is 12.8. The van der Waals surface area contributed by atoms with E-state index in [4.69, 9.17) is 9.16 Å². The Morgan fingerprint density at radius 3 is 1.91 bits per heavy atom. The molecule has 0 spiro atoms. The van der Waals surface area contributed by atoms with E-state index in [0.717, 1.165) is 19.1 Å². The third kappa shape index (κ3) is 5.38. The van der Waals surface area contributed by atoms with Crippen molar-refractivity contribution in [3.05, 3.63) is 0 Å². The molecule has 0 aromatic carbocycles. The summed E-state index contributed by atoms with van der Waals surface area (Å²) < 4.78 is 11.8. The number of hydrogen-bond acceptors (Lipinski definition) is 3. The maximum atomic E-state index is 12.2. The molecule has 0 saturated carbocycles. The van der Waals surface area contributed by atoms with E-state index in [-0.39, 0.29) is 11.9 Å². The molecule has 0 fully saturated rings. The van der Waals surface area contributed by atoms with Crippen molar-refractivity contribution in [3.63, 3.8) is 0 Å². The van der Waals surface area contributed by atoms with Crippen molar-refractivity contribution in [2.24, 2.45) is 11.3 Å². The van der Waals surface area contributed by atoms with E-state index >= 15 is 0 Å². The fourth-order valence-corrected chi connectivity index (χ4v) is 7.39. The number of hydrogen-bond donors (Lipinski definition) is 0. The molecular weight excluding hydrogens is 292 g/mol. The number of carbonyl (C=O) groups excluding carboxylic acids is 1. The van der Waals surface area contributed by atoms with Gasteiger partial charge in [-0.3, -0.25) is 4.79 Å². The molecular formula is C18H38O3Si. The second kappa shape index (κ2) is 9.07. The lowest BCUT2D eigenvalue weighted by Crippen LogP contribution is -2.45. The van der Waals surface area contributed by atoms with Gasteiger partial charge in [0, 0.05) is 6.61 Å². The van der Waals surface area contributed by atoms with E-state index in [1.54, 1.807) is 0 Å². The summed E-state index contributed by atoms with van der Waals surface area (Å²) in [6.07, 6.45) is 0.905. The molecule has 0 aliphatic heterocycles. The van der Waals surface area contributed by atoms with Crippen LogP contribution in [0, 0.1) is 11.3 Å². The lowest BCUT2D eigenvalue weighted by atomic mass is 9.81. The average molecular weight is 331 g/mol. The molecule has 4 heteroatoms. The van der Waals surface area contributed by atoms with Gasteiger partial charge in [-0.1, -0.05) is 41.5 Å². The van der Waals surface area contributed by atoms with Gasteiger partial charge < -0.3 is 9.16 Å². The maximum absolute atomic E-state index is 12.2. The predicted octanol–water partition coefficient (Wildman–Crippen LogP) is 5.40. The normalized spacial score (nSPS) is 13.3. The lowest BCUT2D eigenvalue weighted by Gasteiger charge is -2.38. The molecule has 0 heterocycles. The van der Waals surface area contributed by atoms with Crippen LogP contribution in [0.2, 0.25) is 17.1 Å².